The largest absolute Gasteiger partial charge is 0.289 e. The van der Waals surface area contributed by atoms with Gasteiger partial charge in [0.25, 0.3) is 0 Å². The smallest absolute Gasteiger partial charge is 0.186 e. The molecular formula is C16H17LiOP. The number of hydrogen-bond donors (Lipinski definition) is 0. The van der Waals surface area contributed by atoms with E-state index in [2.05, 4.69) is 13.0 Å². The van der Waals surface area contributed by atoms with Crippen molar-refractivity contribution >= 4 is 38.3 Å². The van der Waals surface area contributed by atoms with Crippen LogP contribution < -0.4 is 5.30 Å². The molecule has 0 heterocycles. The van der Waals surface area contributed by atoms with Crippen molar-refractivity contribution in [3.8, 4) is 0 Å². The first-order valence-corrected chi connectivity index (χ1v) is 7.03. The normalized spacial score (nSPS) is 10.5. The molecule has 93 valence electrons. The monoisotopic (exact) mass is 263 g/mol. The summed E-state index contributed by atoms with van der Waals surface area (Å²) in [5.74, 6) is 0. The molecule has 0 saturated carbocycles. The molecule has 1 unspecified atom stereocenters. The van der Waals surface area contributed by atoms with E-state index >= 15 is 0 Å². The van der Waals surface area contributed by atoms with Gasteiger partial charge < -0.3 is 0 Å². The Morgan fingerprint density at radius 1 is 0.842 bits per heavy atom. The number of aryl methyl sites for hydroxylation is 3. The molecule has 0 aliphatic rings. The van der Waals surface area contributed by atoms with Crippen molar-refractivity contribution in [2.75, 3.05) is 0 Å². The first-order chi connectivity index (χ1) is 8.59. The minimum absolute atomic E-state index is 0. The van der Waals surface area contributed by atoms with Crippen LogP contribution in [0.2, 0.25) is 0 Å². The zero-order chi connectivity index (χ0) is 13.1. The van der Waals surface area contributed by atoms with Crippen LogP contribution in [0.25, 0.3) is 0 Å². The van der Waals surface area contributed by atoms with Gasteiger partial charge in [0, 0.05) is 24.4 Å². The second-order valence-electron chi connectivity index (χ2n) is 4.54. The van der Waals surface area contributed by atoms with Crippen molar-refractivity contribution in [3.05, 3.63) is 64.7 Å². The van der Waals surface area contributed by atoms with Crippen LogP contribution >= 0.6 is 8.58 Å². The first-order valence-electron chi connectivity index (χ1n) is 6.03. The summed E-state index contributed by atoms with van der Waals surface area (Å²) in [6.07, 6.45) is 0. The van der Waals surface area contributed by atoms with Crippen LogP contribution in [0.3, 0.4) is 0 Å². The van der Waals surface area contributed by atoms with Crippen molar-refractivity contribution < 1.29 is 4.79 Å². The molecule has 0 aromatic heterocycles. The second-order valence-corrected chi connectivity index (χ2v) is 5.78. The van der Waals surface area contributed by atoms with E-state index in [0.717, 1.165) is 22.0 Å². The van der Waals surface area contributed by atoms with E-state index in [1.54, 1.807) is 0 Å². The summed E-state index contributed by atoms with van der Waals surface area (Å²) < 4.78 is 0. The molecule has 1 atom stereocenters. The molecule has 3 heteroatoms. The second kappa shape index (κ2) is 7.06. The van der Waals surface area contributed by atoms with E-state index in [4.69, 9.17) is 0 Å². The van der Waals surface area contributed by atoms with Crippen LogP contribution in [0.4, 0.5) is 0 Å². The number of rotatable bonds is 3. The molecule has 0 amide bonds. The molecule has 0 fully saturated rings. The van der Waals surface area contributed by atoms with Gasteiger partial charge in [-0.15, -0.1) is 0 Å². The molecule has 2 rings (SSSR count). The van der Waals surface area contributed by atoms with E-state index in [0.29, 0.717) is 0 Å². The zero-order valence-electron chi connectivity index (χ0n) is 11.9. The maximum atomic E-state index is 12.4. The topological polar surface area (TPSA) is 17.1 Å². The third-order valence-electron chi connectivity index (χ3n) is 3.10. The minimum atomic E-state index is 0. The fraction of sp³-hybridized carbons (Fsp3) is 0.188. The maximum absolute atomic E-state index is 12.4. The third kappa shape index (κ3) is 3.80. The number of benzene rings is 2. The van der Waals surface area contributed by atoms with E-state index < -0.39 is 0 Å². The van der Waals surface area contributed by atoms with Crippen molar-refractivity contribution in [2.45, 2.75) is 20.8 Å². The summed E-state index contributed by atoms with van der Waals surface area (Å²) in [6.45, 7) is 6.06. The van der Waals surface area contributed by atoms with Gasteiger partial charge in [-0.2, -0.15) is 0 Å². The summed E-state index contributed by atoms with van der Waals surface area (Å²) in [5.41, 5.74) is 4.46. The van der Waals surface area contributed by atoms with Crippen LogP contribution in [0.15, 0.2) is 42.5 Å². The van der Waals surface area contributed by atoms with Crippen molar-refractivity contribution in [2.24, 2.45) is 0 Å². The molecule has 0 spiro atoms. The average molecular weight is 263 g/mol. The molecule has 1 radical (unpaired) electrons. The maximum Gasteiger partial charge on any atom is 0.186 e. The molecule has 0 bridgehead atoms. The Balaban J connectivity index is 0.00000180. The van der Waals surface area contributed by atoms with Gasteiger partial charge in [0.05, 0.1) is 0 Å². The zero-order valence-corrected chi connectivity index (χ0v) is 12.9. The fourth-order valence-corrected chi connectivity index (χ4v) is 3.29. The van der Waals surface area contributed by atoms with Crippen LogP contribution in [0.1, 0.15) is 27.0 Å². The summed E-state index contributed by atoms with van der Waals surface area (Å²) in [7, 11) is 0.208. The van der Waals surface area contributed by atoms with Crippen LogP contribution in [-0.4, -0.2) is 24.4 Å². The van der Waals surface area contributed by atoms with Crippen LogP contribution in [0.5, 0.6) is 0 Å². The van der Waals surface area contributed by atoms with E-state index in [-0.39, 0.29) is 33.0 Å². The van der Waals surface area contributed by atoms with Crippen molar-refractivity contribution in [1.82, 2.24) is 0 Å². The summed E-state index contributed by atoms with van der Waals surface area (Å²) in [4.78, 5) is 12.4. The Hall–Kier alpha value is -0.863. The predicted molar refractivity (Wildman–Crippen MR) is 85.1 cm³/mol. The number of carbonyl (C=O) groups excluding carboxylic acids is 1. The summed E-state index contributed by atoms with van der Waals surface area (Å²) >= 11 is 0. The first kappa shape index (κ1) is 16.2. The Kier molecular flexibility index (Phi) is 6.02. The predicted octanol–water partition coefficient (Wildman–Crippen LogP) is 3.38. The standard InChI is InChI=1S/C16H17OP.Li/c1-11-7-4-5-10-14(11)18-16(17)15-12(2)8-6-9-13(15)3;/h4-10,18H,1-3H3;. The third-order valence-corrected chi connectivity index (χ3v) is 4.41. The van der Waals surface area contributed by atoms with E-state index in [1.165, 1.54) is 5.56 Å². The van der Waals surface area contributed by atoms with Gasteiger partial charge in [-0.05, 0) is 51.3 Å². The molecule has 0 N–H and O–H groups in total. The van der Waals surface area contributed by atoms with Crippen LogP contribution in [0, 0.1) is 20.8 Å². The molecular weight excluding hydrogens is 246 g/mol. The quantitative estimate of drug-likeness (QED) is 0.613. The van der Waals surface area contributed by atoms with E-state index in [1.807, 2.05) is 50.2 Å². The Labute approximate surface area is 128 Å². The number of hydrogen-bond acceptors (Lipinski definition) is 1. The van der Waals surface area contributed by atoms with Gasteiger partial charge in [0.15, 0.2) is 5.52 Å². The average Bonchev–Trinajstić information content (AvgIpc) is 2.32. The van der Waals surface area contributed by atoms with Crippen molar-refractivity contribution in [1.29, 1.82) is 0 Å². The van der Waals surface area contributed by atoms with Gasteiger partial charge in [0.1, 0.15) is 0 Å². The van der Waals surface area contributed by atoms with E-state index in [9.17, 15) is 4.79 Å². The molecule has 0 aliphatic heterocycles. The molecule has 19 heavy (non-hydrogen) atoms. The van der Waals surface area contributed by atoms with Gasteiger partial charge in [-0.1, -0.05) is 42.5 Å². The molecule has 2 aromatic carbocycles. The fourth-order valence-electron chi connectivity index (χ4n) is 2.07. The molecule has 0 saturated heterocycles. The molecule has 0 aliphatic carbocycles. The van der Waals surface area contributed by atoms with Crippen LogP contribution in [-0.2, 0) is 0 Å². The number of carbonyl (C=O) groups is 1. The SMILES string of the molecule is Cc1ccccc1PC(=O)c1c(C)cccc1C.[Li]. The van der Waals surface area contributed by atoms with Crippen molar-refractivity contribution in [3.63, 3.8) is 0 Å². The molecule has 2 aromatic rings. The Morgan fingerprint density at radius 2 is 1.37 bits per heavy atom. The summed E-state index contributed by atoms with van der Waals surface area (Å²) in [5, 5.41) is 1.14. The summed E-state index contributed by atoms with van der Waals surface area (Å²) in [6, 6.07) is 14.1. The van der Waals surface area contributed by atoms with Gasteiger partial charge in [-0.25, -0.2) is 0 Å². The van der Waals surface area contributed by atoms with Gasteiger partial charge >= 0.3 is 0 Å². The minimum Gasteiger partial charge on any atom is -0.289 e. The van der Waals surface area contributed by atoms with Gasteiger partial charge in [-0.3, -0.25) is 4.79 Å². The molecule has 1 nitrogen and oxygen atoms in total. The van der Waals surface area contributed by atoms with Gasteiger partial charge in [0.2, 0.25) is 0 Å². The Bertz CT molecular complexity index is 573. The Morgan fingerprint density at radius 3 is 1.95 bits per heavy atom.